The minimum Gasteiger partial charge on any atom is -0.497 e. The van der Waals surface area contributed by atoms with E-state index in [9.17, 15) is 0 Å². The monoisotopic (exact) mass is 217 g/mol. The topological polar surface area (TPSA) is 21.3 Å². The summed E-state index contributed by atoms with van der Waals surface area (Å²) in [6.45, 7) is 1.15. The van der Waals surface area contributed by atoms with Gasteiger partial charge in [-0.3, -0.25) is 0 Å². The summed E-state index contributed by atoms with van der Waals surface area (Å²) < 4.78 is 5.20. The van der Waals surface area contributed by atoms with E-state index in [2.05, 4.69) is 29.6 Å². The van der Waals surface area contributed by atoms with E-state index in [-0.39, 0.29) is 0 Å². The van der Waals surface area contributed by atoms with Crippen LogP contribution >= 0.6 is 0 Å². The van der Waals surface area contributed by atoms with E-state index < -0.39 is 0 Å². The molecule has 3 rings (SSSR count). The van der Waals surface area contributed by atoms with Gasteiger partial charge in [0.15, 0.2) is 0 Å². The lowest BCUT2D eigenvalue weighted by Crippen LogP contribution is -2.21. The summed E-state index contributed by atoms with van der Waals surface area (Å²) in [6, 6.07) is 9.40. The van der Waals surface area contributed by atoms with E-state index >= 15 is 0 Å². The lowest BCUT2D eigenvalue weighted by atomic mass is 9.86. The number of hydrogen-bond acceptors (Lipinski definition) is 2. The van der Waals surface area contributed by atoms with Crippen molar-refractivity contribution < 1.29 is 4.74 Å². The molecule has 1 aromatic rings. The van der Waals surface area contributed by atoms with Crippen molar-refractivity contribution in [3.8, 4) is 5.75 Å². The molecule has 2 fully saturated rings. The van der Waals surface area contributed by atoms with Gasteiger partial charge in [-0.15, -0.1) is 0 Å². The highest BCUT2D eigenvalue weighted by Gasteiger charge is 2.39. The average Bonchev–Trinajstić information content (AvgIpc) is 2.91. The minimum absolute atomic E-state index is 0.721. The van der Waals surface area contributed by atoms with Crippen LogP contribution in [0.5, 0.6) is 5.75 Å². The fraction of sp³-hybridized carbons (Fsp3) is 0.571. The first kappa shape index (κ1) is 10.2. The first-order valence-corrected chi connectivity index (χ1v) is 6.26. The van der Waals surface area contributed by atoms with Crippen molar-refractivity contribution in [2.45, 2.75) is 31.2 Å². The SMILES string of the molecule is COc1ccc([C@@H]2CN[C@@H]3CCC[C@@H]32)cc1. The van der Waals surface area contributed by atoms with Gasteiger partial charge in [0.2, 0.25) is 0 Å². The Morgan fingerprint density at radius 2 is 2.00 bits per heavy atom. The second-order valence-electron chi connectivity index (χ2n) is 4.99. The van der Waals surface area contributed by atoms with Gasteiger partial charge in [-0.1, -0.05) is 18.6 Å². The van der Waals surface area contributed by atoms with Gasteiger partial charge in [-0.2, -0.15) is 0 Å². The number of nitrogens with one attached hydrogen (secondary N) is 1. The van der Waals surface area contributed by atoms with Crippen LogP contribution in [0, 0.1) is 5.92 Å². The molecule has 1 aliphatic carbocycles. The van der Waals surface area contributed by atoms with Crippen molar-refractivity contribution in [2.24, 2.45) is 5.92 Å². The molecule has 16 heavy (non-hydrogen) atoms. The third-order valence-corrected chi connectivity index (χ3v) is 4.23. The molecule has 0 spiro atoms. The van der Waals surface area contributed by atoms with E-state index in [0.717, 1.165) is 30.2 Å². The number of rotatable bonds is 2. The zero-order valence-corrected chi connectivity index (χ0v) is 9.78. The standard InChI is InChI=1S/C14H19NO/c1-16-11-7-5-10(6-8-11)13-9-15-14-4-2-3-12(13)14/h5-8,12-15H,2-4,9H2,1H3/t12-,13+,14-/m1/s1. The smallest absolute Gasteiger partial charge is 0.118 e. The summed E-state index contributed by atoms with van der Waals surface area (Å²) in [5.41, 5.74) is 1.47. The van der Waals surface area contributed by atoms with Gasteiger partial charge in [0, 0.05) is 18.5 Å². The molecule has 1 aliphatic heterocycles. The Kier molecular flexibility index (Phi) is 2.60. The van der Waals surface area contributed by atoms with Crippen molar-refractivity contribution >= 4 is 0 Å². The molecule has 2 nitrogen and oxygen atoms in total. The van der Waals surface area contributed by atoms with Crippen molar-refractivity contribution in [1.29, 1.82) is 0 Å². The van der Waals surface area contributed by atoms with Gasteiger partial charge < -0.3 is 10.1 Å². The van der Waals surface area contributed by atoms with Crippen LogP contribution in [0.15, 0.2) is 24.3 Å². The third kappa shape index (κ3) is 1.61. The van der Waals surface area contributed by atoms with Crippen LogP contribution in [-0.4, -0.2) is 19.7 Å². The second kappa shape index (κ2) is 4.10. The lowest BCUT2D eigenvalue weighted by molar-refractivity contribution is 0.414. The summed E-state index contributed by atoms with van der Waals surface area (Å²) in [7, 11) is 1.72. The number of methoxy groups -OCH3 is 1. The Labute approximate surface area is 97.0 Å². The van der Waals surface area contributed by atoms with Crippen LogP contribution < -0.4 is 10.1 Å². The van der Waals surface area contributed by atoms with Crippen LogP contribution in [0.1, 0.15) is 30.7 Å². The van der Waals surface area contributed by atoms with Crippen molar-refractivity contribution in [3.63, 3.8) is 0 Å². The Morgan fingerprint density at radius 3 is 2.75 bits per heavy atom. The summed E-state index contributed by atoms with van der Waals surface area (Å²) in [5.74, 6) is 2.55. The summed E-state index contributed by atoms with van der Waals surface area (Å²) in [5, 5.41) is 3.66. The lowest BCUT2D eigenvalue weighted by Gasteiger charge is -2.17. The molecule has 86 valence electrons. The average molecular weight is 217 g/mol. The molecule has 3 atom stereocenters. The molecule has 0 bridgehead atoms. The molecule has 1 aromatic carbocycles. The molecular formula is C14H19NO. The van der Waals surface area contributed by atoms with Gasteiger partial charge in [0.1, 0.15) is 5.75 Å². The number of benzene rings is 1. The zero-order chi connectivity index (χ0) is 11.0. The van der Waals surface area contributed by atoms with E-state index in [4.69, 9.17) is 4.74 Å². The Hall–Kier alpha value is -1.02. The van der Waals surface area contributed by atoms with Gasteiger partial charge >= 0.3 is 0 Å². The maximum Gasteiger partial charge on any atom is 0.118 e. The molecular weight excluding hydrogens is 198 g/mol. The maximum atomic E-state index is 5.20. The Morgan fingerprint density at radius 1 is 1.19 bits per heavy atom. The largest absolute Gasteiger partial charge is 0.497 e. The van der Waals surface area contributed by atoms with Crippen LogP contribution in [0.25, 0.3) is 0 Å². The first-order valence-electron chi connectivity index (χ1n) is 6.26. The van der Waals surface area contributed by atoms with Crippen molar-refractivity contribution in [3.05, 3.63) is 29.8 Å². The molecule has 0 aromatic heterocycles. The number of hydrogen-bond donors (Lipinski definition) is 1. The molecule has 1 saturated carbocycles. The predicted octanol–water partition coefficient (Wildman–Crippen LogP) is 2.55. The molecule has 1 N–H and O–H groups in total. The van der Waals surface area contributed by atoms with E-state index in [1.165, 1.54) is 24.8 Å². The molecule has 0 unspecified atom stereocenters. The summed E-state index contributed by atoms with van der Waals surface area (Å²) >= 11 is 0. The molecule has 2 aliphatic rings. The van der Waals surface area contributed by atoms with E-state index in [1.807, 2.05) is 0 Å². The van der Waals surface area contributed by atoms with Crippen LogP contribution in [-0.2, 0) is 0 Å². The highest BCUT2D eigenvalue weighted by molar-refractivity contribution is 5.31. The normalized spacial score (nSPS) is 32.7. The van der Waals surface area contributed by atoms with Gasteiger partial charge in [-0.25, -0.2) is 0 Å². The zero-order valence-electron chi connectivity index (χ0n) is 9.78. The van der Waals surface area contributed by atoms with Crippen molar-refractivity contribution in [2.75, 3.05) is 13.7 Å². The summed E-state index contributed by atoms with van der Waals surface area (Å²) in [4.78, 5) is 0. The minimum atomic E-state index is 0.721. The van der Waals surface area contributed by atoms with Gasteiger partial charge in [0.25, 0.3) is 0 Å². The predicted molar refractivity (Wildman–Crippen MR) is 64.9 cm³/mol. The Bertz CT molecular complexity index is 360. The Balaban J connectivity index is 1.81. The van der Waals surface area contributed by atoms with E-state index in [0.29, 0.717) is 0 Å². The van der Waals surface area contributed by atoms with Gasteiger partial charge in [-0.05, 0) is 36.5 Å². The highest BCUT2D eigenvalue weighted by atomic mass is 16.5. The highest BCUT2D eigenvalue weighted by Crippen LogP contribution is 2.41. The van der Waals surface area contributed by atoms with E-state index in [1.54, 1.807) is 7.11 Å². The van der Waals surface area contributed by atoms with Gasteiger partial charge in [0.05, 0.1) is 7.11 Å². The van der Waals surface area contributed by atoms with Crippen LogP contribution in [0.3, 0.4) is 0 Å². The summed E-state index contributed by atoms with van der Waals surface area (Å²) in [6.07, 6.45) is 4.17. The van der Waals surface area contributed by atoms with Crippen LogP contribution in [0.4, 0.5) is 0 Å². The molecule has 0 amide bonds. The quantitative estimate of drug-likeness (QED) is 0.822. The number of ether oxygens (including phenoxy) is 1. The number of fused-ring (bicyclic) bond motifs is 1. The van der Waals surface area contributed by atoms with Crippen LogP contribution in [0.2, 0.25) is 0 Å². The third-order valence-electron chi connectivity index (χ3n) is 4.23. The maximum absolute atomic E-state index is 5.20. The molecule has 1 heterocycles. The molecule has 1 saturated heterocycles. The fourth-order valence-electron chi connectivity index (χ4n) is 3.37. The first-order chi connectivity index (χ1) is 7.88. The second-order valence-corrected chi connectivity index (χ2v) is 4.99. The molecule has 2 heteroatoms. The van der Waals surface area contributed by atoms with Crippen molar-refractivity contribution in [1.82, 2.24) is 5.32 Å². The molecule has 0 radical (unpaired) electrons. The fourth-order valence-corrected chi connectivity index (χ4v) is 3.37.